The molecular formula is C31H37F7O4. The van der Waals surface area contributed by atoms with Gasteiger partial charge in [0.05, 0.1) is 12.5 Å². The molecule has 2 aliphatic rings. The molecule has 1 atom stereocenters. The zero-order valence-electron chi connectivity index (χ0n) is 23.4. The Morgan fingerprint density at radius 2 is 1.40 bits per heavy atom. The predicted octanol–water partition coefficient (Wildman–Crippen LogP) is 9.11. The fourth-order valence-electron chi connectivity index (χ4n) is 6.42. The topological polar surface area (TPSA) is 47.9 Å². The molecule has 234 valence electrons. The third-order valence-electron chi connectivity index (χ3n) is 8.77. The highest BCUT2D eigenvalue weighted by Crippen LogP contribution is 2.44. The van der Waals surface area contributed by atoms with Gasteiger partial charge in [-0.1, -0.05) is 31.9 Å². The molecular weight excluding hydrogens is 569 g/mol. The van der Waals surface area contributed by atoms with Crippen LogP contribution < -0.4 is 9.47 Å². The zero-order chi connectivity index (χ0) is 30.5. The van der Waals surface area contributed by atoms with Crippen LogP contribution in [-0.2, 0) is 4.74 Å². The molecule has 0 amide bonds. The quantitative estimate of drug-likeness (QED) is 0.205. The number of hydrogen-bond donors (Lipinski definition) is 1. The molecule has 4 rings (SSSR count). The lowest BCUT2D eigenvalue weighted by Crippen LogP contribution is -2.37. The fourth-order valence-corrected chi connectivity index (χ4v) is 6.42. The molecule has 4 nitrogen and oxygen atoms in total. The Morgan fingerprint density at radius 1 is 0.810 bits per heavy atom. The van der Waals surface area contributed by atoms with Gasteiger partial charge in [0, 0.05) is 0 Å². The third-order valence-corrected chi connectivity index (χ3v) is 8.77. The lowest BCUT2D eigenvalue weighted by atomic mass is 9.71. The highest BCUT2D eigenvalue weighted by atomic mass is 19.4. The molecule has 0 saturated heterocycles. The molecule has 0 heterocycles. The summed E-state index contributed by atoms with van der Waals surface area (Å²) in [6, 6.07) is 6.37. The van der Waals surface area contributed by atoms with E-state index in [4.69, 9.17) is 14.6 Å². The number of rotatable bonds is 11. The molecule has 42 heavy (non-hydrogen) atoms. The van der Waals surface area contributed by atoms with E-state index in [1.165, 1.54) is 37.1 Å². The summed E-state index contributed by atoms with van der Waals surface area (Å²) in [5.41, 5.74) is 0.0938. The van der Waals surface area contributed by atoms with Crippen molar-refractivity contribution in [1.82, 2.24) is 0 Å². The number of hydrogen-bond acceptors (Lipinski definition) is 4. The van der Waals surface area contributed by atoms with Crippen molar-refractivity contribution in [2.45, 2.75) is 77.2 Å². The van der Waals surface area contributed by atoms with Crippen LogP contribution in [-0.4, -0.2) is 31.0 Å². The van der Waals surface area contributed by atoms with Crippen LogP contribution >= 0.6 is 0 Å². The van der Waals surface area contributed by atoms with E-state index >= 15 is 8.78 Å². The number of aliphatic hydroxyl groups excluding tert-OH is 1. The monoisotopic (exact) mass is 606 g/mol. The second-order valence-corrected chi connectivity index (χ2v) is 11.7. The van der Waals surface area contributed by atoms with E-state index in [0.717, 1.165) is 19.3 Å². The van der Waals surface area contributed by atoms with Crippen molar-refractivity contribution in [2.75, 3.05) is 13.4 Å². The summed E-state index contributed by atoms with van der Waals surface area (Å²) in [5.74, 6) is -3.94. The van der Waals surface area contributed by atoms with Crippen LogP contribution in [0.5, 0.6) is 11.5 Å². The van der Waals surface area contributed by atoms with E-state index in [0.29, 0.717) is 68.1 Å². The molecule has 0 radical (unpaired) electrons. The molecule has 0 spiro atoms. The average molecular weight is 607 g/mol. The molecule has 2 aromatic carbocycles. The Labute approximate surface area is 241 Å². The molecule has 2 aromatic rings. The van der Waals surface area contributed by atoms with E-state index in [1.54, 1.807) is 0 Å². The number of ether oxygens (including phenoxy) is 3. The van der Waals surface area contributed by atoms with Gasteiger partial charge in [-0.2, -0.15) is 8.78 Å². The van der Waals surface area contributed by atoms with Crippen LogP contribution in [0.25, 0.3) is 11.1 Å². The summed E-state index contributed by atoms with van der Waals surface area (Å²) >= 11 is 0. The minimum atomic E-state index is -5.27. The van der Waals surface area contributed by atoms with Gasteiger partial charge in [-0.3, -0.25) is 0 Å². The molecule has 0 aliphatic heterocycles. The Bertz CT molecular complexity index is 1120. The minimum Gasteiger partial charge on any atom is -0.432 e. The van der Waals surface area contributed by atoms with E-state index in [1.807, 2.05) is 0 Å². The SMILES string of the molecule is CC1CCC(C(COCO)CC2CCC(C(F)(F)Oc3ccc(-c4cc(F)c(OC(F)(F)F)c(F)c4)cc3)CC2)CC1. The van der Waals surface area contributed by atoms with Crippen LogP contribution in [0.4, 0.5) is 30.7 Å². The number of benzene rings is 2. The second-order valence-electron chi connectivity index (χ2n) is 11.7. The maximum absolute atomic E-state index is 15.1. The van der Waals surface area contributed by atoms with Crippen molar-refractivity contribution in [3.63, 3.8) is 0 Å². The summed E-state index contributed by atoms with van der Waals surface area (Å²) in [7, 11) is 0. The predicted molar refractivity (Wildman–Crippen MR) is 142 cm³/mol. The summed E-state index contributed by atoms with van der Waals surface area (Å²) < 4.78 is 109. The van der Waals surface area contributed by atoms with Gasteiger partial charge >= 0.3 is 12.5 Å². The summed E-state index contributed by atoms with van der Waals surface area (Å²) in [4.78, 5) is 0. The Kier molecular flexibility index (Phi) is 10.7. The van der Waals surface area contributed by atoms with Gasteiger partial charge in [0.15, 0.2) is 11.6 Å². The summed E-state index contributed by atoms with van der Waals surface area (Å²) in [6.45, 7) is 2.41. The largest absolute Gasteiger partial charge is 0.573 e. The lowest BCUT2D eigenvalue weighted by Gasteiger charge is -2.37. The lowest BCUT2D eigenvalue weighted by molar-refractivity contribution is -0.276. The van der Waals surface area contributed by atoms with Crippen LogP contribution in [0.15, 0.2) is 36.4 Å². The third kappa shape index (κ3) is 8.75. The Morgan fingerprint density at radius 3 is 1.95 bits per heavy atom. The smallest absolute Gasteiger partial charge is 0.432 e. The number of aliphatic hydroxyl groups is 1. The second kappa shape index (κ2) is 13.8. The van der Waals surface area contributed by atoms with Crippen LogP contribution in [0.1, 0.15) is 64.7 Å². The molecule has 2 aliphatic carbocycles. The van der Waals surface area contributed by atoms with Crippen molar-refractivity contribution in [3.8, 4) is 22.6 Å². The van der Waals surface area contributed by atoms with Gasteiger partial charge in [-0.25, -0.2) is 8.78 Å². The molecule has 0 bridgehead atoms. The first-order chi connectivity index (χ1) is 19.8. The molecule has 2 fully saturated rings. The van der Waals surface area contributed by atoms with Gasteiger partial charge < -0.3 is 19.3 Å². The number of alkyl halides is 5. The van der Waals surface area contributed by atoms with Gasteiger partial charge in [0.25, 0.3) is 0 Å². The maximum Gasteiger partial charge on any atom is 0.573 e. The van der Waals surface area contributed by atoms with Gasteiger partial charge in [-0.05, 0) is 104 Å². The Balaban J connectivity index is 1.32. The average Bonchev–Trinajstić information content (AvgIpc) is 2.93. The van der Waals surface area contributed by atoms with Gasteiger partial charge in [0.1, 0.15) is 12.5 Å². The molecule has 2 saturated carbocycles. The summed E-state index contributed by atoms with van der Waals surface area (Å²) in [5, 5.41) is 9.16. The van der Waals surface area contributed by atoms with Gasteiger partial charge in [-0.15, -0.1) is 13.2 Å². The van der Waals surface area contributed by atoms with E-state index in [-0.39, 0.29) is 23.7 Å². The van der Waals surface area contributed by atoms with Crippen LogP contribution in [0, 0.1) is 41.2 Å². The summed E-state index contributed by atoms with van der Waals surface area (Å²) in [6.07, 6.45) is -1.30. The van der Waals surface area contributed by atoms with E-state index < -0.39 is 35.8 Å². The first-order valence-electron chi connectivity index (χ1n) is 14.4. The van der Waals surface area contributed by atoms with Crippen LogP contribution in [0.3, 0.4) is 0 Å². The van der Waals surface area contributed by atoms with Crippen molar-refractivity contribution in [2.24, 2.45) is 29.6 Å². The van der Waals surface area contributed by atoms with E-state index in [2.05, 4.69) is 11.7 Å². The standard InChI is InChI=1S/C31H37F7O4/c1-19-2-6-22(7-3-19)24(17-40-18-39)14-20-4-10-25(11-5-20)30(34,35)41-26-12-8-21(9-13-26)23-15-27(32)29(28(33)16-23)42-31(36,37)38/h8-9,12-13,15-16,19-20,22,24-25,39H,2-7,10-11,14,17-18H2,1H3. The highest BCUT2D eigenvalue weighted by molar-refractivity contribution is 5.65. The van der Waals surface area contributed by atoms with Gasteiger partial charge in [0.2, 0.25) is 5.75 Å². The first-order valence-corrected chi connectivity index (χ1v) is 14.4. The fraction of sp³-hybridized carbons (Fsp3) is 0.613. The normalized spacial score (nSPS) is 24.3. The molecule has 1 unspecified atom stereocenters. The minimum absolute atomic E-state index is 0.0958. The first kappa shape index (κ1) is 32.4. The molecule has 1 N–H and O–H groups in total. The van der Waals surface area contributed by atoms with Crippen LogP contribution in [0.2, 0.25) is 0 Å². The molecule has 11 heteroatoms. The van der Waals surface area contributed by atoms with Crippen molar-refractivity contribution in [1.29, 1.82) is 0 Å². The highest BCUT2D eigenvalue weighted by Gasteiger charge is 2.44. The van der Waals surface area contributed by atoms with Crippen molar-refractivity contribution < 1.29 is 50.1 Å². The maximum atomic E-state index is 15.1. The molecule has 0 aromatic heterocycles. The Hall–Kier alpha value is -2.53. The zero-order valence-corrected chi connectivity index (χ0v) is 23.4. The number of halogens is 7. The van der Waals surface area contributed by atoms with E-state index in [9.17, 15) is 22.0 Å². The van der Waals surface area contributed by atoms with Crippen molar-refractivity contribution >= 4 is 0 Å². The van der Waals surface area contributed by atoms with Crippen molar-refractivity contribution in [3.05, 3.63) is 48.0 Å².